The van der Waals surface area contributed by atoms with Crippen molar-refractivity contribution in [3.63, 3.8) is 0 Å². The van der Waals surface area contributed by atoms with E-state index < -0.39 is 0 Å². The Kier molecular flexibility index (Phi) is 9.89. The highest BCUT2D eigenvalue weighted by Gasteiger charge is 2.18. The van der Waals surface area contributed by atoms with Crippen LogP contribution in [0.2, 0.25) is 0 Å². The molecule has 12 rings (SSSR count). The lowest BCUT2D eigenvalue weighted by atomic mass is 9.97. The number of benzene rings is 11. The molecule has 0 saturated carbocycles. The van der Waals surface area contributed by atoms with E-state index in [1.807, 2.05) is 0 Å². The van der Waals surface area contributed by atoms with E-state index >= 15 is 0 Å². The zero-order valence-electron chi connectivity index (χ0n) is 36.3. The third-order valence-electron chi connectivity index (χ3n) is 13.0. The molecular weight excluding hydrogens is 797 g/mol. The number of hydrogen-bond donors (Lipinski definition) is 0. The van der Waals surface area contributed by atoms with Gasteiger partial charge in [0.2, 0.25) is 0 Å². The summed E-state index contributed by atoms with van der Waals surface area (Å²) >= 11 is 0. The number of hydrogen-bond acceptors (Lipinski definition) is 1. The van der Waals surface area contributed by atoms with Crippen molar-refractivity contribution >= 4 is 49.6 Å². The van der Waals surface area contributed by atoms with Gasteiger partial charge in [0, 0.05) is 33.4 Å². The van der Waals surface area contributed by atoms with Gasteiger partial charge in [-0.15, -0.1) is 0 Å². The highest BCUT2D eigenvalue weighted by Crippen LogP contribution is 2.41. The molecule has 0 N–H and O–H groups in total. The average Bonchev–Trinajstić information content (AvgIpc) is 3.73. The summed E-state index contributed by atoms with van der Waals surface area (Å²) in [4.78, 5) is 2.33. The molecule has 0 unspecified atom stereocenters. The molecule has 0 spiro atoms. The predicted octanol–water partition coefficient (Wildman–Crippen LogP) is 17.7. The minimum absolute atomic E-state index is 1.10. The summed E-state index contributed by atoms with van der Waals surface area (Å²) in [5.41, 5.74) is 18.9. The number of nitrogens with zero attached hydrogens (tertiary/aromatic N) is 2. The summed E-state index contributed by atoms with van der Waals surface area (Å²) < 4.78 is 2.45. The molecular formula is C64H44N2. The van der Waals surface area contributed by atoms with E-state index in [0.717, 1.165) is 22.7 Å². The lowest BCUT2D eigenvalue weighted by Crippen LogP contribution is -2.09. The second-order valence-electron chi connectivity index (χ2n) is 16.9. The van der Waals surface area contributed by atoms with Crippen LogP contribution in [0.1, 0.15) is 0 Å². The van der Waals surface area contributed by atoms with Crippen molar-refractivity contribution in [2.45, 2.75) is 0 Å². The molecule has 0 amide bonds. The van der Waals surface area contributed by atoms with Crippen LogP contribution in [-0.4, -0.2) is 4.57 Å². The molecule has 0 atom stereocenters. The van der Waals surface area contributed by atoms with Gasteiger partial charge in [-0.25, -0.2) is 0 Å². The molecule has 1 heterocycles. The molecule has 0 bridgehead atoms. The molecule has 0 aliphatic heterocycles. The van der Waals surface area contributed by atoms with Crippen LogP contribution in [0.25, 0.3) is 93.9 Å². The molecule has 66 heavy (non-hydrogen) atoms. The number of fused-ring (bicyclic) bond motifs is 4. The fraction of sp³-hybridized carbons (Fsp3) is 0. The van der Waals surface area contributed by atoms with Crippen LogP contribution in [-0.2, 0) is 0 Å². The van der Waals surface area contributed by atoms with E-state index in [4.69, 9.17) is 0 Å². The normalized spacial score (nSPS) is 11.3. The summed E-state index contributed by atoms with van der Waals surface area (Å²) in [7, 11) is 0. The summed E-state index contributed by atoms with van der Waals surface area (Å²) in [5, 5.41) is 5.00. The summed E-state index contributed by atoms with van der Waals surface area (Å²) in [6.07, 6.45) is 0. The van der Waals surface area contributed by atoms with Gasteiger partial charge in [0.15, 0.2) is 0 Å². The zero-order valence-corrected chi connectivity index (χ0v) is 36.3. The van der Waals surface area contributed by atoms with Crippen LogP contribution in [0.4, 0.5) is 17.1 Å². The second-order valence-corrected chi connectivity index (χ2v) is 16.9. The molecule has 12 aromatic rings. The van der Waals surface area contributed by atoms with Crippen molar-refractivity contribution in [2.75, 3.05) is 4.90 Å². The van der Waals surface area contributed by atoms with Gasteiger partial charge in [-0.2, -0.15) is 0 Å². The maximum Gasteiger partial charge on any atom is 0.0547 e. The van der Waals surface area contributed by atoms with Crippen LogP contribution in [0, 0.1) is 0 Å². The fourth-order valence-electron chi connectivity index (χ4n) is 9.75. The molecule has 0 radical (unpaired) electrons. The summed E-state index contributed by atoms with van der Waals surface area (Å²) in [5.74, 6) is 0. The van der Waals surface area contributed by atoms with E-state index in [-0.39, 0.29) is 0 Å². The maximum atomic E-state index is 2.45. The molecule has 310 valence electrons. The first-order valence-corrected chi connectivity index (χ1v) is 22.7. The van der Waals surface area contributed by atoms with Crippen LogP contribution < -0.4 is 4.90 Å². The SMILES string of the molecule is c1ccc(-c2ccc(-c3ccc(N(c4ccccc4)c4ccc(-c5ccc(-c6ccccc6-n6c7ccccc7c7ccc(-c8cccc9ccccc89)cc76)cc5)cc4)cc3)cc2)cc1. The van der Waals surface area contributed by atoms with Gasteiger partial charge in [0.1, 0.15) is 0 Å². The minimum Gasteiger partial charge on any atom is -0.311 e. The van der Waals surface area contributed by atoms with Crippen molar-refractivity contribution in [2.24, 2.45) is 0 Å². The quantitative estimate of drug-likeness (QED) is 0.141. The van der Waals surface area contributed by atoms with Crippen molar-refractivity contribution < 1.29 is 0 Å². The van der Waals surface area contributed by atoms with Crippen molar-refractivity contribution in [3.05, 3.63) is 267 Å². The van der Waals surface area contributed by atoms with E-state index in [1.165, 1.54) is 88.2 Å². The Balaban J connectivity index is 0.853. The van der Waals surface area contributed by atoms with E-state index in [9.17, 15) is 0 Å². The first-order valence-electron chi connectivity index (χ1n) is 22.7. The van der Waals surface area contributed by atoms with Gasteiger partial charge >= 0.3 is 0 Å². The fourth-order valence-corrected chi connectivity index (χ4v) is 9.75. The first-order chi connectivity index (χ1) is 32.7. The zero-order chi connectivity index (χ0) is 43.8. The third kappa shape index (κ3) is 7.12. The Morgan fingerprint density at radius 1 is 0.242 bits per heavy atom. The maximum absolute atomic E-state index is 2.45. The molecule has 1 aromatic heterocycles. The van der Waals surface area contributed by atoms with Crippen LogP contribution in [0.15, 0.2) is 267 Å². The molecule has 2 heteroatoms. The van der Waals surface area contributed by atoms with Gasteiger partial charge < -0.3 is 9.47 Å². The second kappa shape index (κ2) is 16.8. The Morgan fingerprint density at radius 3 is 1.32 bits per heavy atom. The van der Waals surface area contributed by atoms with Gasteiger partial charge in [-0.1, -0.05) is 212 Å². The molecule has 11 aromatic carbocycles. The average molecular weight is 841 g/mol. The van der Waals surface area contributed by atoms with Gasteiger partial charge in [-0.3, -0.25) is 0 Å². The van der Waals surface area contributed by atoms with Gasteiger partial charge in [0.05, 0.1) is 16.7 Å². The van der Waals surface area contributed by atoms with Crippen molar-refractivity contribution in [1.82, 2.24) is 4.57 Å². The molecule has 2 nitrogen and oxygen atoms in total. The standard InChI is InChI=1S/C64H44N2/c1-3-14-45(15-4-1)46-26-28-47(29-27-46)49-34-39-55(40-35-49)65(54-18-5-2-6-19-54)56-41-36-50(37-42-56)48-30-32-52(33-31-48)59-21-9-11-24-62(59)66-63-25-12-10-22-60(63)61-43-38-53(44-64(61)66)58-23-13-17-51-16-7-8-20-57(51)58/h1-44H. The van der Waals surface area contributed by atoms with Gasteiger partial charge in [0.25, 0.3) is 0 Å². The van der Waals surface area contributed by atoms with E-state index in [0.29, 0.717) is 0 Å². The Labute approximate surface area is 385 Å². The van der Waals surface area contributed by atoms with Gasteiger partial charge in [-0.05, 0) is 115 Å². The van der Waals surface area contributed by atoms with E-state index in [2.05, 4.69) is 276 Å². The van der Waals surface area contributed by atoms with Crippen LogP contribution in [0.3, 0.4) is 0 Å². The lowest BCUT2D eigenvalue weighted by molar-refractivity contribution is 1.18. The van der Waals surface area contributed by atoms with Crippen LogP contribution >= 0.6 is 0 Å². The number of rotatable bonds is 9. The van der Waals surface area contributed by atoms with Crippen molar-refractivity contribution in [3.8, 4) is 61.3 Å². The minimum atomic E-state index is 1.10. The molecule has 0 saturated heterocycles. The monoisotopic (exact) mass is 840 g/mol. The highest BCUT2D eigenvalue weighted by atomic mass is 15.1. The first kappa shape index (κ1) is 38.9. The number of anilines is 3. The van der Waals surface area contributed by atoms with Crippen LogP contribution in [0.5, 0.6) is 0 Å². The summed E-state index contributed by atoms with van der Waals surface area (Å²) in [6, 6.07) is 96.7. The Hall–Kier alpha value is -8.72. The summed E-state index contributed by atoms with van der Waals surface area (Å²) in [6.45, 7) is 0. The van der Waals surface area contributed by atoms with Crippen molar-refractivity contribution in [1.29, 1.82) is 0 Å². The smallest absolute Gasteiger partial charge is 0.0547 e. The third-order valence-corrected chi connectivity index (χ3v) is 13.0. The Morgan fingerprint density at radius 2 is 0.667 bits per heavy atom. The molecule has 0 aliphatic carbocycles. The Bertz CT molecular complexity index is 3640. The number of para-hydroxylation sites is 3. The predicted molar refractivity (Wildman–Crippen MR) is 280 cm³/mol. The number of aromatic nitrogens is 1. The highest BCUT2D eigenvalue weighted by molar-refractivity contribution is 6.11. The molecule has 0 aliphatic rings. The van der Waals surface area contributed by atoms with E-state index in [1.54, 1.807) is 0 Å². The largest absolute Gasteiger partial charge is 0.311 e. The topological polar surface area (TPSA) is 8.17 Å². The lowest BCUT2D eigenvalue weighted by Gasteiger charge is -2.26. The molecule has 0 fully saturated rings.